The van der Waals surface area contributed by atoms with Crippen LogP contribution in [-0.2, 0) is 4.74 Å². The van der Waals surface area contributed by atoms with Crippen molar-refractivity contribution >= 4 is 56.6 Å². The van der Waals surface area contributed by atoms with Gasteiger partial charge in [0.25, 0.3) is 0 Å². The van der Waals surface area contributed by atoms with Crippen LogP contribution in [0.15, 0.2) is 18.5 Å². The lowest BCUT2D eigenvalue weighted by atomic mass is 10.1. The summed E-state index contributed by atoms with van der Waals surface area (Å²) in [6, 6.07) is 2.79. The number of carbonyl (C=O) groups excluding carboxylic acids is 1. The average molecular weight is 450 g/mol. The van der Waals surface area contributed by atoms with Gasteiger partial charge in [0.15, 0.2) is 0 Å². The van der Waals surface area contributed by atoms with E-state index in [1.807, 2.05) is 13.8 Å². The van der Waals surface area contributed by atoms with Crippen LogP contribution < -0.4 is 10.1 Å². The fraction of sp³-hybridized carbons (Fsp3) is 0.300. The summed E-state index contributed by atoms with van der Waals surface area (Å²) >= 11 is 7.50. The van der Waals surface area contributed by atoms with Crippen LogP contribution in [0.25, 0.3) is 10.2 Å². The molecule has 0 radical (unpaired) electrons. The first kappa shape index (κ1) is 21.8. The van der Waals surface area contributed by atoms with Crippen LogP contribution >= 0.6 is 22.9 Å². The van der Waals surface area contributed by atoms with Crippen LogP contribution in [0.3, 0.4) is 0 Å². The molecular formula is C20H20ClN3O5S. The summed E-state index contributed by atoms with van der Waals surface area (Å²) in [5.74, 6) is -0.737. The maximum absolute atomic E-state index is 12.5. The van der Waals surface area contributed by atoms with E-state index in [9.17, 15) is 14.7 Å². The number of carboxylic acids is 1. The number of anilines is 2. The molecule has 0 bridgehead atoms. The Bertz CT molecular complexity index is 1130. The maximum atomic E-state index is 12.5. The summed E-state index contributed by atoms with van der Waals surface area (Å²) in [5, 5.41) is 13.2. The Morgan fingerprint density at radius 3 is 2.67 bits per heavy atom. The highest BCUT2D eigenvalue weighted by Crippen LogP contribution is 2.37. The molecule has 3 rings (SSSR count). The Labute approximate surface area is 181 Å². The van der Waals surface area contributed by atoms with E-state index >= 15 is 0 Å². The Balaban J connectivity index is 2.02. The quantitative estimate of drug-likeness (QED) is 0.489. The first-order valence-electron chi connectivity index (χ1n) is 9.02. The predicted octanol–water partition coefficient (Wildman–Crippen LogP) is 4.92. The first-order valence-corrected chi connectivity index (χ1v) is 10.2. The van der Waals surface area contributed by atoms with Crippen LogP contribution in [0.4, 0.5) is 11.5 Å². The molecule has 10 heteroatoms. The van der Waals surface area contributed by atoms with E-state index in [2.05, 4.69) is 15.3 Å². The second-order valence-electron chi connectivity index (χ2n) is 6.91. The van der Waals surface area contributed by atoms with Crippen molar-refractivity contribution in [3.05, 3.63) is 39.5 Å². The third-order valence-electron chi connectivity index (χ3n) is 4.23. The minimum Gasteiger partial charge on any atom is -0.496 e. The van der Waals surface area contributed by atoms with Gasteiger partial charge in [0.2, 0.25) is 0 Å². The Morgan fingerprint density at radius 1 is 1.30 bits per heavy atom. The van der Waals surface area contributed by atoms with Crippen LogP contribution in [-0.4, -0.2) is 40.7 Å². The maximum Gasteiger partial charge on any atom is 0.348 e. The minimum absolute atomic E-state index is 0.0530. The van der Waals surface area contributed by atoms with Crippen LogP contribution in [0.2, 0.25) is 5.02 Å². The number of halogens is 1. The zero-order valence-corrected chi connectivity index (χ0v) is 18.3. The van der Waals surface area contributed by atoms with Gasteiger partial charge in [-0.3, -0.25) is 0 Å². The van der Waals surface area contributed by atoms with E-state index in [0.29, 0.717) is 38.8 Å². The summed E-state index contributed by atoms with van der Waals surface area (Å²) in [6.07, 6.45) is 1.38. The molecule has 0 atom stereocenters. The topological polar surface area (TPSA) is 111 Å². The van der Waals surface area contributed by atoms with Crippen molar-refractivity contribution in [1.82, 2.24) is 9.97 Å². The Kier molecular flexibility index (Phi) is 6.42. The number of aryl methyl sites for hydroxylation is 1. The van der Waals surface area contributed by atoms with E-state index in [0.717, 1.165) is 0 Å². The highest BCUT2D eigenvalue weighted by Gasteiger charge is 2.22. The smallest absolute Gasteiger partial charge is 0.348 e. The molecule has 0 aliphatic carbocycles. The molecule has 0 aliphatic rings. The van der Waals surface area contributed by atoms with Crippen molar-refractivity contribution in [2.75, 3.05) is 19.0 Å². The molecule has 30 heavy (non-hydrogen) atoms. The average Bonchev–Trinajstić information content (AvgIpc) is 3.04. The summed E-state index contributed by atoms with van der Waals surface area (Å²) < 4.78 is 10.5. The zero-order chi connectivity index (χ0) is 22.0. The second kappa shape index (κ2) is 8.85. The van der Waals surface area contributed by atoms with E-state index in [-0.39, 0.29) is 22.3 Å². The number of rotatable bonds is 7. The van der Waals surface area contributed by atoms with Gasteiger partial charge in [-0.05, 0) is 24.5 Å². The molecular weight excluding hydrogens is 430 g/mol. The molecule has 8 nitrogen and oxygen atoms in total. The van der Waals surface area contributed by atoms with Crippen molar-refractivity contribution in [3.63, 3.8) is 0 Å². The largest absolute Gasteiger partial charge is 0.496 e. The number of ether oxygens (including phenoxy) is 2. The lowest BCUT2D eigenvalue weighted by molar-refractivity contribution is 0.0463. The summed E-state index contributed by atoms with van der Waals surface area (Å²) in [5.41, 5.74) is 1.05. The van der Waals surface area contributed by atoms with Crippen LogP contribution in [0.1, 0.15) is 39.4 Å². The lowest BCUT2D eigenvalue weighted by Gasteiger charge is -2.12. The number of nitrogens with one attached hydrogen (secondary N) is 1. The van der Waals surface area contributed by atoms with Gasteiger partial charge in [0, 0.05) is 6.07 Å². The molecule has 2 aromatic heterocycles. The number of thiophene rings is 1. The van der Waals surface area contributed by atoms with Crippen molar-refractivity contribution in [2.24, 2.45) is 5.92 Å². The van der Waals surface area contributed by atoms with Gasteiger partial charge < -0.3 is 19.9 Å². The number of hydrogen-bond acceptors (Lipinski definition) is 8. The fourth-order valence-electron chi connectivity index (χ4n) is 2.78. The van der Waals surface area contributed by atoms with E-state index in [4.69, 9.17) is 21.1 Å². The number of aromatic carboxylic acids is 1. The third-order valence-corrected chi connectivity index (χ3v) is 5.73. The van der Waals surface area contributed by atoms with Gasteiger partial charge in [-0.1, -0.05) is 25.4 Å². The zero-order valence-electron chi connectivity index (χ0n) is 16.8. The van der Waals surface area contributed by atoms with E-state index in [1.165, 1.54) is 36.9 Å². The monoisotopic (exact) mass is 449 g/mol. The number of carbonyl (C=O) groups is 2. The molecule has 0 saturated carbocycles. The van der Waals surface area contributed by atoms with Crippen LogP contribution in [0, 0.1) is 12.8 Å². The van der Waals surface area contributed by atoms with E-state index in [1.54, 1.807) is 6.92 Å². The number of esters is 1. The van der Waals surface area contributed by atoms with Gasteiger partial charge in [-0.25, -0.2) is 19.6 Å². The molecule has 1 aromatic carbocycles. The van der Waals surface area contributed by atoms with Gasteiger partial charge in [0.05, 0.1) is 29.8 Å². The molecule has 0 aliphatic heterocycles. The van der Waals surface area contributed by atoms with Crippen LogP contribution in [0.5, 0.6) is 5.75 Å². The Morgan fingerprint density at radius 2 is 2.03 bits per heavy atom. The normalized spacial score (nSPS) is 11.0. The van der Waals surface area contributed by atoms with Crippen molar-refractivity contribution in [1.29, 1.82) is 0 Å². The highest BCUT2D eigenvalue weighted by atomic mass is 35.5. The minimum atomic E-state index is -1.15. The predicted molar refractivity (Wildman–Crippen MR) is 116 cm³/mol. The SMILES string of the molecule is COc1cc(Nc2ncnc3sc(C(=O)OCC(C)C)c(C)c23)c(Cl)cc1C(=O)O. The molecule has 158 valence electrons. The van der Waals surface area contributed by atoms with E-state index < -0.39 is 11.9 Å². The molecule has 0 amide bonds. The molecule has 0 saturated heterocycles. The molecule has 0 spiro atoms. The molecule has 2 heterocycles. The summed E-state index contributed by atoms with van der Waals surface area (Å²) in [4.78, 5) is 33.5. The summed E-state index contributed by atoms with van der Waals surface area (Å²) in [7, 11) is 1.38. The van der Waals surface area contributed by atoms with Gasteiger partial charge in [-0.2, -0.15) is 0 Å². The molecule has 0 fully saturated rings. The Hall–Kier alpha value is -2.91. The number of carboxylic acid groups (broad SMARTS) is 1. The summed E-state index contributed by atoms with van der Waals surface area (Å²) in [6.45, 7) is 6.06. The van der Waals surface area contributed by atoms with Crippen molar-refractivity contribution in [2.45, 2.75) is 20.8 Å². The molecule has 3 aromatic rings. The highest BCUT2D eigenvalue weighted by molar-refractivity contribution is 7.20. The standard InChI is InChI=1S/C20H20ClN3O5S/c1-9(2)7-29-20(27)16-10(3)15-17(22-8-23-18(15)30-16)24-13-6-14(28-4)11(19(25)26)5-12(13)21/h5-6,8-9H,7H2,1-4H3,(H,25,26)(H,22,23,24). The number of methoxy groups -OCH3 is 1. The second-order valence-corrected chi connectivity index (χ2v) is 8.32. The van der Waals surface area contributed by atoms with Gasteiger partial charge in [0.1, 0.15) is 33.2 Å². The van der Waals surface area contributed by atoms with Gasteiger partial charge >= 0.3 is 11.9 Å². The third kappa shape index (κ3) is 4.31. The number of hydrogen-bond donors (Lipinski definition) is 2. The lowest BCUT2D eigenvalue weighted by Crippen LogP contribution is -2.09. The van der Waals surface area contributed by atoms with Crippen molar-refractivity contribution in [3.8, 4) is 5.75 Å². The molecule has 2 N–H and O–H groups in total. The fourth-order valence-corrected chi connectivity index (χ4v) is 4.04. The number of benzene rings is 1. The van der Waals surface area contributed by atoms with Gasteiger partial charge in [-0.15, -0.1) is 11.3 Å². The number of aromatic nitrogens is 2. The van der Waals surface area contributed by atoms with Crippen molar-refractivity contribution < 1.29 is 24.2 Å². The molecule has 0 unspecified atom stereocenters. The number of fused-ring (bicyclic) bond motifs is 1. The first-order chi connectivity index (χ1) is 14.2. The number of nitrogens with zero attached hydrogens (tertiary/aromatic N) is 2.